The van der Waals surface area contributed by atoms with Crippen molar-refractivity contribution in [1.82, 2.24) is 49.3 Å². The van der Waals surface area contributed by atoms with E-state index >= 15 is 0 Å². The number of halogens is 3. The van der Waals surface area contributed by atoms with Crippen LogP contribution in [0.4, 0.5) is 5.69 Å². The largest absolute Gasteiger partial charge is 0.396 e. The Labute approximate surface area is 415 Å². The Hall–Kier alpha value is -5.45. The number of aromatic nitrogens is 8. The first-order valence-corrected chi connectivity index (χ1v) is 23.9. The van der Waals surface area contributed by atoms with E-state index in [2.05, 4.69) is 59.9 Å². The first-order chi connectivity index (χ1) is 32.1. The number of hydrogen-bond donors (Lipinski definition) is 3. The molecule has 2 fully saturated rings. The smallest absolute Gasteiger partial charge is 0.224 e. The van der Waals surface area contributed by atoms with E-state index in [4.69, 9.17) is 57.0 Å². The lowest BCUT2D eigenvalue weighted by atomic mass is 9.92. The zero-order valence-corrected chi connectivity index (χ0v) is 41.0. The molecule has 4 aromatic heterocycles. The maximum Gasteiger partial charge on any atom is 0.224 e. The van der Waals surface area contributed by atoms with Crippen molar-refractivity contribution in [2.75, 3.05) is 46.0 Å². The van der Waals surface area contributed by atoms with Gasteiger partial charge in [0.15, 0.2) is 0 Å². The number of nitrogen functional groups attached to an aromatic ring is 1. The van der Waals surface area contributed by atoms with E-state index in [-0.39, 0.29) is 36.4 Å². The minimum Gasteiger partial charge on any atom is -0.396 e. The Bertz CT molecular complexity index is 2550. The van der Waals surface area contributed by atoms with Crippen molar-refractivity contribution in [3.05, 3.63) is 146 Å². The maximum absolute atomic E-state index is 11.7. The molecule has 2 aliphatic rings. The first-order valence-electron chi connectivity index (χ1n) is 22.8. The third kappa shape index (κ3) is 15.3. The molecule has 0 bridgehead atoms. The highest BCUT2D eigenvalue weighted by atomic mass is 35.5. The van der Waals surface area contributed by atoms with Gasteiger partial charge in [0.1, 0.15) is 5.82 Å². The Morgan fingerprint density at radius 2 is 1.10 bits per heavy atom. The molecule has 2 amide bonds. The average molecular weight is 988 g/mol. The highest BCUT2D eigenvalue weighted by Crippen LogP contribution is 2.26. The molecule has 0 aliphatic carbocycles. The molecule has 2 saturated heterocycles. The number of rotatable bonds is 14. The Kier molecular flexibility index (Phi) is 20.3. The number of primary amides is 2. The fourth-order valence-corrected chi connectivity index (χ4v) is 8.88. The van der Waals surface area contributed by atoms with Crippen molar-refractivity contribution in [3.8, 4) is 0 Å². The number of hydrogen-bond acceptors (Lipinski definition) is 11. The predicted octanol–water partition coefficient (Wildman–Crippen LogP) is 8.08. The number of anilines is 1. The molecule has 364 valence electrons. The molecule has 6 N–H and O–H groups in total. The number of aryl methyl sites for hydroxylation is 4. The summed E-state index contributed by atoms with van der Waals surface area (Å²) in [5.74, 6) is -0.600. The van der Waals surface area contributed by atoms with Crippen LogP contribution in [0.3, 0.4) is 0 Å². The number of likely N-dealkylation sites (tertiary alicyclic amines) is 2. The number of benzene rings is 2. The predicted molar refractivity (Wildman–Crippen MR) is 272 cm³/mol. The summed E-state index contributed by atoms with van der Waals surface area (Å²) in [6, 6.07) is 16.6. The van der Waals surface area contributed by atoms with Crippen LogP contribution >= 0.6 is 34.8 Å². The Morgan fingerprint density at radius 1 is 0.647 bits per heavy atom. The van der Waals surface area contributed by atoms with E-state index in [0.717, 1.165) is 90.5 Å². The lowest BCUT2D eigenvalue weighted by molar-refractivity contribution is -0.119. The van der Waals surface area contributed by atoms with Crippen LogP contribution in [0.25, 0.3) is 0 Å². The molecule has 18 heteroatoms. The van der Waals surface area contributed by atoms with Gasteiger partial charge in [-0.1, -0.05) is 79.2 Å². The van der Waals surface area contributed by atoms with Crippen LogP contribution in [-0.2, 0) is 41.7 Å². The van der Waals surface area contributed by atoms with Gasteiger partial charge in [-0.25, -0.2) is 19.9 Å². The summed E-state index contributed by atoms with van der Waals surface area (Å²) < 4.78 is 4.10. The van der Waals surface area contributed by atoms with E-state index in [0.29, 0.717) is 53.5 Å². The number of nitrogens with zero attached hydrogens (tertiary/aromatic N) is 10. The molecule has 0 spiro atoms. The van der Waals surface area contributed by atoms with E-state index in [1.54, 1.807) is 19.3 Å². The Balaban J connectivity index is 0.000000210. The molecule has 2 aliphatic heterocycles. The van der Waals surface area contributed by atoms with Crippen molar-refractivity contribution in [3.63, 3.8) is 0 Å². The zero-order valence-electron chi connectivity index (χ0n) is 38.7. The second-order valence-corrected chi connectivity index (χ2v) is 18.6. The van der Waals surface area contributed by atoms with Crippen molar-refractivity contribution >= 4 is 52.3 Å². The van der Waals surface area contributed by atoms with Gasteiger partial charge in [0.2, 0.25) is 17.1 Å². The molecular weight excluding hydrogens is 921 g/mol. The minimum absolute atomic E-state index is 0. The molecule has 0 saturated carbocycles. The first kappa shape index (κ1) is 53.5. The van der Waals surface area contributed by atoms with Crippen molar-refractivity contribution < 1.29 is 9.59 Å². The zero-order chi connectivity index (χ0) is 48.0. The monoisotopic (exact) mass is 985 g/mol. The third-order valence-electron chi connectivity index (χ3n) is 12.6. The van der Waals surface area contributed by atoms with Crippen molar-refractivity contribution in [2.45, 2.75) is 103 Å². The van der Waals surface area contributed by atoms with Crippen LogP contribution in [-0.4, -0.2) is 101 Å². The number of piperidine rings is 2. The molecule has 6 heterocycles. The minimum atomic E-state index is -0.342. The SMILES string of the molecule is C.CC(C(N)=O)c1ccccc1CCc1nc(Cc2cnn(C3CCN(C)CC3)c2)ncc1Cl.CC(C(N)=O)c1ccccc1CCc1nc(Cl)ncc1Cl.CN1CCC(n2cc(N)cn2)CC1. The van der Waals surface area contributed by atoms with Crippen LogP contribution in [0.15, 0.2) is 85.7 Å². The quantitative estimate of drug-likeness (QED) is 0.0890. The lowest BCUT2D eigenvalue weighted by Gasteiger charge is -2.28. The van der Waals surface area contributed by atoms with Gasteiger partial charge in [0.05, 0.1) is 69.6 Å². The summed E-state index contributed by atoms with van der Waals surface area (Å²) >= 11 is 18.3. The van der Waals surface area contributed by atoms with E-state index in [1.807, 2.05) is 72.5 Å². The van der Waals surface area contributed by atoms with Gasteiger partial charge in [-0.3, -0.25) is 19.0 Å². The van der Waals surface area contributed by atoms with Crippen LogP contribution in [0.2, 0.25) is 15.3 Å². The summed E-state index contributed by atoms with van der Waals surface area (Å²) in [6.07, 6.45) is 18.8. The van der Waals surface area contributed by atoms with E-state index in [1.165, 1.54) is 19.0 Å². The van der Waals surface area contributed by atoms with Crippen LogP contribution in [0, 0.1) is 0 Å². The summed E-state index contributed by atoms with van der Waals surface area (Å²) in [6.45, 7) is 8.16. The van der Waals surface area contributed by atoms with Gasteiger partial charge in [0, 0.05) is 25.0 Å². The molecule has 2 aromatic carbocycles. The number of carbonyl (C=O) groups excluding carboxylic acids is 2. The van der Waals surface area contributed by atoms with Gasteiger partial charge in [-0.2, -0.15) is 10.2 Å². The highest BCUT2D eigenvalue weighted by molar-refractivity contribution is 6.32. The fraction of sp³-hybridized carbons (Fsp3) is 0.440. The number of amides is 2. The van der Waals surface area contributed by atoms with E-state index in [9.17, 15) is 9.59 Å². The molecule has 0 radical (unpaired) electrons. The molecule has 2 atom stereocenters. The molecule has 6 aromatic rings. The highest BCUT2D eigenvalue weighted by Gasteiger charge is 2.21. The van der Waals surface area contributed by atoms with Gasteiger partial charge >= 0.3 is 0 Å². The number of nitrogens with two attached hydrogens (primary N) is 3. The lowest BCUT2D eigenvalue weighted by Crippen LogP contribution is -2.31. The third-order valence-corrected chi connectivity index (χ3v) is 13.4. The van der Waals surface area contributed by atoms with Crippen LogP contribution in [0.5, 0.6) is 0 Å². The molecule has 15 nitrogen and oxygen atoms in total. The molecule has 8 rings (SSSR count). The van der Waals surface area contributed by atoms with Crippen LogP contribution < -0.4 is 17.2 Å². The second kappa shape index (κ2) is 25.8. The van der Waals surface area contributed by atoms with Gasteiger partial charge < -0.3 is 27.0 Å². The summed E-state index contributed by atoms with van der Waals surface area (Å²) in [5, 5.41) is 10.1. The fourth-order valence-electron chi connectivity index (χ4n) is 8.36. The van der Waals surface area contributed by atoms with Gasteiger partial charge in [0.25, 0.3) is 0 Å². The molecular formula is C50H66Cl3N13O2. The molecule has 2 unspecified atom stereocenters. The number of carbonyl (C=O) groups is 2. The Morgan fingerprint density at radius 3 is 1.59 bits per heavy atom. The topological polar surface area (TPSA) is 206 Å². The summed E-state index contributed by atoms with van der Waals surface area (Å²) in [4.78, 5) is 44.9. The van der Waals surface area contributed by atoms with E-state index < -0.39 is 0 Å². The van der Waals surface area contributed by atoms with Crippen LogP contribution in [0.1, 0.15) is 116 Å². The average Bonchev–Trinajstić information content (AvgIpc) is 3.99. The van der Waals surface area contributed by atoms with Crippen molar-refractivity contribution in [1.29, 1.82) is 0 Å². The van der Waals surface area contributed by atoms with Gasteiger partial charge in [-0.15, -0.1) is 0 Å². The van der Waals surface area contributed by atoms with Crippen molar-refractivity contribution in [2.24, 2.45) is 11.5 Å². The normalized spacial score (nSPS) is 15.5. The van der Waals surface area contributed by atoms with Gasteiger partial charge in [-0.05, 0) is 145 Å². The standard InChI is InChI=1S/C25H31ClN6O.C15H15Cl2N3O.C9H16N4.CH4/c1-17(25(27)33)21-6-4-3-5-19(21)7-8-23-22(26)15-28-24(30-23)13-18-14-29-32(16-18)20-9-11-31(2)12-10-20;1-9(14(18)21)11-5-3-2-4-10(11)6-7-13-12(16)8-19-15(17)20-13;1-12-4-2-9(3-5-12)13-7-8(10)6-11-13;/h3-6,14-17,20H,7-13H2,1-2H3,(H2,27,33);2-5,8-9H,6-7H2,1H3,(H2,18,21);6-7,9H,2-5,10H2,1H3;1H4. The maximum atomic E-state index is 11.7. The summed E-state index contributed by atoms with van der Waals surface area (Å²) in [7, 11) is 4.32. The molecule has 68 heavy (non-hydrogen) atoms. The second-order valence-electron chi connectivity index (χ2n) is 17.5. The summed E-state index contributed by atoms with van der Waals surface area (Å²) in [5.41, 5.74) is 23.9.